The summed E-state index contributed by atoms with van der Waals surface area (Å²) in [5.74, 6) is 0.0340. The molecule has 2 aromatic rings. The second kappa shape index (κ2) is 3.54. The molecule has 14 heavy (non-hydrogen) atoms. The Kier molecular flexibility index (Phi) is 2.23. The average molecular weight is 209 g/mol. The van der Waals surface area contributed by atoms with E-state index in [1.54, 1.807) is 5.38 Å². The molecule has 0 spiro atoms. The van der Waals surface area contributed by atoms with Crippen molar-refractivity contribution in [3.8, 4) is 0 Å². The fraction of sp³-hybridized carbons (Fsp3) is 0.143. The minimum absolute atomic E-state index is 0.286. The number of hydrogen-bond acceptors (Lipinski definition) is 5. The van der Waals surface area contributed by atoms with Gasteiger partial charge in [0.1, 0.15) is 12.0 Å². The number of nitrogens with zero attached hydrogens (tertiary/aromatic N) is 3. The van der Waals surface area contributed by atoms with E-state index < -0.39 is 0 Å². The number of aromatic amines is 1. The molecule has 2 N–H and O–H groups in total. The number of aryl methyl sites for hydroxylation is 1. The van der Waals surface area contributed by atoms with Crippen LogP contribution in [0.2, 0.25) is 0 Å². The van der Waals surface area contributed by atoms with E-state index in [-0.39, 0.29) is 5.91 Å². The zero-order valence-electron chi connectivity index (χ0n) is 7.31. The molecule has 7 heteroatoms. The van der Waals surface area contributed by atoms with E-state index in [1.165, 1.54) is 17.7 Å². The summed E-state index contributed by atoms with van der Waals surface area (Å²) in [4.78, 5) is 19.3. The highest BCUT2D eigenvalue weighted by Gasteiger charge is 2.10. The molecular weight excluding hydrogens is 202 g/mol. The Morgan fingerprint density at radius 1 is 1.64 bits per heavy atom. The Hall–Kier alpha value is -1.76. The number of amides is 1. The minimum atomic E-state index is -0.286. The largest absolute Gasteiger partial charge is 0.289 e. The van der Waals surface area contributed by atoms with Gasteiger partial charge in [0, 0.05) is 5.38 Å². The number of nitrogens with one attached hydrogen (secondary N) is 2. The summed E-state index contributed by atoms with van der Waals surface area (Å²) in [6, 6.07) is 0. The molecule has 6 nitrogen and oxygen atoms in total. The molecule has 0 aliphatic heterocycles. The van der Waals surface area contributed by atoms with Gasteiger partial charge in [0.2, 0.25) is 5.95 Å². The van der Waals surface area contributed by atoms with Crippen LogP contribution < -0.4 is 5.32 Å². The summed E-state index contributed by atoms with van der Waals surface area (Å²) < 4.78 is 0. The fourth-order valence-corrected chi connectivity index (χ4v) is 1.50. The van der Waals surface area contributed by atoms with Crippen molar-refractivity contribution >= 4 is 23.2 Å². The Morgan fingerprint density at radius 3 is 3.07 bits per heavy atom. The molecule has 72 valence electrons. The number of carbonyl (C=O) groups is 1. The highest BCUT2D eigenvalue weighted by Crippen LogP contribution is 2.08. The Balaban J connectivity index is 2.10. The van der Waals surface area contributed by atoms with Gasteiger partial charge in [0.05, 0.1) is 5.01 Å². The first-order valence-electron chi connectivity index (χ1n) is 3.84. The van der Waals surface area contributed by atoms with Crippen LogP contribution in [0.5, 0.6) is 0 Å². The SMILES string of the molecule is Cc1nc(C(=O)Nc2ncn[nH]2)cs1. The number of rotatable bonds is 2. The maximum absolute atomic E-state index is 11.5. The van der Waals surface area contributed by atoms with Gasteiger partial charge in [-0.2, -0.15) is 10.1 Å². The first-order valence-corrected chi connectivity index (χ1v) is 4.72. The lowest BCUT2D eigenvalue weighted by Gasteiger charge is -1.95. The highest BCUT2D eigenvalue weighted by atomic mass is 32.1. The Labute approximate surface area is 83.4 Å². The molecule has 2 aromatic heterocycles. The van der Waals surface area contributed by atoms with Crippen LogP contribution in [0.15, 0.2) is 11.7 Å². The Bertz CT molecular complexity index is 435. The average Bonchev–Trinajstić information content (AvgIpc) is 2.75. The number of aromatic nitrogens is 4. The van der Waals surface area contributed by atoms with Crippen LogP contribution in [0.25, 0.3) is 0 Å². The van der Waals surface area contributed by atoms with Crippen LogP contribution in [-0.2, 0) is 0 Å². The van der Waals surface area contributed by atoms with Crippen molar-refractivity contribution < 1.29 is 4.79 Å². The zero-order valence-corrected chi connectivity index (χ0v) is 8.13. The quantitative estimate of drug-likeness (QED) is 0.767. The van der Waals surface area contributed by atoms with Gasteiger partial charge in [-0.3, -0.25) is 10.1 Å². The summed E-state index contributed by atoms with van der Waals surface area (Å²) in [5.41, 5.74) is 0.393. The maximum atomic E-state index is 11.5. The lowest BCUT2D eigenvalue weighted by atomic mass is 10.4. The van der Waals surface area contributed by atoms with E-state index in [2.05, 4.69) is 25.5 Å². The van der Waals surface area contributed by atoms with Crippen molar-refractivity contribution in [3.63, 3.8) is 0 Å². The van der Waals surface area contributed by atoms with Crippen LogP contribution in [0.4, 0.5) is 5.95 Å². The predicted molar refractivity (Wildman–Crippen MR) is 51.2 cm³/mol. The lowest BCUT2D eigenvalue weighted by Crippen LogP contribution is -2.13. The van der Waals surface area contributed by atoms with Gasteiger partial charge in [-0.05, 0) is 6.92 Å². The topological polar surface area (TPSA) is 83.6 Å². The van der Waals surface area contributed by atoms with Gasteiger partial charge >= 0.3 is 0 Å². The van der Waals surface area contributed by atoms with E-state index in [9.17, 15) is 4.79 Å². The molecule has 0 unspecified atom stereocenters. The summed E-state index contributed by atoms with van der Waals surface area (Å²) in [5, 5.41) is 11.2. The summed E-state index contributed by atoms with van der Waals surface area (Å²) in [7, 11) is 0. The van der Waals surface area contributed by atoms with Crippen LogP contribution in [0.3, 0.4) is 0 Å². The third-order valence-corrected chi connectivity index (χ3v) is 2.27. The molecular formula is C7H7N5OS. The van der Waals surface area contributed by atoms with Crippen molar-refractivity contribution in [1.29, 1.82) is 0 Å². The first-order chi connectivity index (χ1) is 6.75. The van der Waals surface area contributed by atoms with E-state index in [0.29, 0.717) is 11.6 Å². The standard InChI is InChI=1S/C7H7N5OS/c1-4-10-5(2-14-4)6(13)11-7-8-3-9-12-7/h2-3H,1H3,(H2,8,9,11,12,13). The molecule has 0 aliphatic carbocycles. The molecule has 0 radical (unpaired) electrons. The van der Waals surface area contributed by atoms with E-state index in [4.69, 9.17) is 0 Å². The van der Waals surface area contributed by atoms with Crippen molar-refractivity contribution in [3.05, 3.63) is 22.4 Å². The molecule has 0 atom stereocenters. The molecule has 0 bridgehead atoms. The number of carbonyl (C=O) groups excluding carboxylic acids is 1. The second-order valence-corrected chi connectivity index (χ2v) is 3.60. The van der Waals surface area contributed by atoms with Crippen molar-refractivity contribution in [2.45, 2.75) is 6.92 Å². The molecule has 0 aromatic carbocycles. The minimum Gasteiger partial charge on any atom is -0.289 e. The predicted octanol–water partition coefficient (Wildman–Crippen LogP) is 0.822. The van der Waals surface area contributed by atoms with Crippen molar-refractivity contribution in [1.82, 2.24) is 20.2 Å². The second-order valence-electron chi connectivity index (χ2n) is 2.54. The molecule has 0 saturated carbocycles. The smallest absolute Gasteiger partial charge is 0.277 e. The van der Waals surface area contributed by atoms with Gasteiger partial charge < -0.3 is 0 Å². The summed E-state index contributed by atoms with van der Waals surface area (Å²) in [6.45, 7) is 1.84. The third kappa shape index (κ3) is 1.77. The maximum Gasteiger partial charge on any atom is 0.277 e. The number of H-pyrrole nitrogens is 1. The van der Waals surface area contributed by atoms with Crippen molar-refractivity contribution in [2.75, 3.05) is 5.32 Å². The van der Waals surface area contributed by atoms with Crippen LogP contribution in [0.1, 0.15) is 15.5 Å². The highest BCUT2D eigenvalue weighted by molar-refractivity contribution is 7.09. The lowest BCUT2D eigenvalue weighted by molar-refractivity contribution is 0.102. The number of anilines is 1. The van der Waals surface area contributed by atoms with Gasteiger partial charge in [-0.15, -0.1) is 11.3 Å². The monoisotopic (exact) mass is 209 g/mol. The Morgan fingerprint density at radius 2 is 2.50 bits per heavy atom. The normalized spacial score (nSPS) is 10.1. The molecule has 0 aliphatic rings. The van der Waals surface area contributed by atoms with E-state index in [0.717, 1.165) is 5.01 Å². The summed E-state index contributed by atoms with van der Waals surface area (Å²) >= 11 is 1.43. The molecule has 2 heterocycles. The van der Waals surface area contributed by atoms with Crippen LogP contribution in [0, 0.1) is 6.92 Å². The van der Waals surface area contributed by atoms with Crippen LogP contribution in [-0.4, -0.2) is 26.1 Å². The number of hydrogen-bond donors (Lipinski definition) is 2. The van der Waals surface area contributed by atoms with Gasteiger partial charge in [-0.1, -0.05) is 0 Å². The molecule has 0 fully saturated rings. The van der Waals surface area contributed by atoms with Gasteiger partial charge in [0.25, 0.3) is 5.91 Å². The molecule has 2 rings (SSSR count). The van der Waals surface area contributed by atoms with Gasteiger partial charge in [-0.25, -0.2) is 10.1 Å². The summed E-state index contributed by atoms with van der Waals surface area (Å²) in [6.07, 6.45) is 1.32. The molecule has 0 saturated heterocycles. The number of thiazole rings is 1. The third-order valence-electron chi connectivity index (χ3n) is 1.50. The molecule has 1 amide bonds. The van der Waals surface area contributed by atoms with Crippen LogP contribution >= 0.6 is 11.3 Å². The van der Waals surface area contributed by atoms with E-state index in [1.807, 2.05) is 6.92 Å². The fourth-order valence-electron chi connectivity index (χ4n) is 0.905. The first kappa shape index (κ1) is 8.82. The van der Waals surface area contributed by atoms with Crippen molar-refractivity contribution in [2.24, 2.45) is 0 Å². The van der Waals surface area contributed by atoms with E-state index >= 15 is 0 Å². The van der Waals surface area contributed by atoms with Gasteiger partial charge in [0.15, 0.2) is 0 Å². The zero-order chi connectivity index (χ0) is 9.97.